The average Bonchev–Trinajstić information content (AvgIpc) is 3.15. The van der Waals surface area contributed by atoms with Crippen LogP contribution in [0.2, 0.25) is 0 Å². The minimum atomic E-state index is -0.515. The first kappa shape index (κ1) is 21.5. The summed E-state index contributed by atoms with van der Waals surface area (Å²) in [6.07, 6.45) is 1.19. The predicted octanol–water partition coefficient (Wildman–Crippen LogP) is 4.50. The molecule has 0 unspecified atom stereocenters. The van der Waals surface area contributed by atoms with Crippen molar-refractivity contribution in [1.29, 1.82) is 0 Å². The zero-order valence-electron chi connectivity index (χ0n) is 16.8. The summed E-state index contributed by atoms with van der Waals surface area (Å²) in [5, 5.41) is 22.2. The van der Waals surface area contributed by atoms with Crippen molar-refractivity contribution in [2.45, 2.75) is 13.5 Å². The summed E-state index contributed by atoms with van der Waals surface area (Å²) in [7, 11) is 0. The lowest BCUT2D eigenvalue weighted by molar-refractivity contribution is -0.392. The van der Waals surface area contributed by atoms with Crippen molar-refractivity contribution in [3.8, 4) is 5.75 Å². The molecule has 0 bridgehead atoms. The minimum absolute atomic E-state index is 0.0474. The molecule has 0 saturated carbocycles. The average molecular weight is 419 g/mol. The number of fused-ring (bicyclic) bond motifs is 1. The first-order valence-electron chi connectivity index (χ1n) is 9.52. The van der Waals surface area contributed by atoms with Crippen LogP contribution in [0.15, 0.2) is 79.0 Å². The second-order valence-corrected chi connectivity index (χ2v) is 6.61. The highest BCUT2D eigenvalue weighted by Crippen LogP contribution is 2.18. The molecular weight excluding hydrogens is 398 g/mol. The van der Waals surface area contributed by atoms with Crippen LogP contribution in [0, 0.1) is 17.0 Å². The molecule has 0 spiro atoms. The second kappa shape index (κ2) is 10.0. The largest absolute Gasteiger partial charge is 0.508 e. The number of carbonyl (C=O) groups is 1. The van der Waals surface area contributed by atoms with Crippen LogP contribution in [0.4, 0.5) is 5.82 Å². The van der Waals surface area contributed by atoms with Gasteiger partial charge in [0.25, 0.3) is 0 Å². The lowest BCUT2D eigenvalue weighted by Crippen LogP contribution is -2.13. The number of esters is 1. The smallest absolute Gasteiger partial charge is 0.342 e. The summed E-state index contributed by atoms with van der Waals surface area (Å²) < 4.78 is 6.48. The number of hydrogen-bond acceptors (Lipinski definition) is 6. The lowest BCUT2D eigenvalue weighted by Gasteiger charge is -2.05. The van der Waals surface area contributed by atoms with Gasteiger partial charge in [-0.15, -0.1) is 0 Å². The molecule has 0 saturated heterocycles. The molecule has 0 amide bonds. The number of aromatic nitrogens is 2. The number of benzene rings is 3. The van der Waals surface area contributed by atoms with Gasteiger partial charge < -0.3 is 20.0 Å². The van der Waals surface area contributed by atoms with E-state index in [4.69, 9.17) is 9.84 Å². The Hall–Kier alpha value is -4.20. The van der Waals surface area contributed by atoms with Crippen LogP contribution in [0.25, 0.3) is 10.8 Å². The number of rotatable bonds is 5. The maximum atomic E-state index is 11.7. The first-order valence-corrected chi connectivity index (χ1v) is 9.52. The molecule has 31 heavy (non-hydrogen) atoms. The van der Waals surface area contributed by atoms with Crippen molar-refractivity contribution in [3.05, 3.63) is 100 Å². The zero-order chi connectivity index (χ0) is 22.2. The summed E-state index contributed by atoms with van der Waals surface area (Å²) in [5.74, 6) is 0.264. The molecule has 0 atom stereocenters. The third kappa shape index (κ3) is 5.66. The van der Waals surface area contributed by atoms with Crippen LogP contribution < -0.4 is 0 Å². The van der Waals surface area contributed by atoms with E-state index in [1.165, 1.54) is 10.8 Å². The Bertz CT molecular complexity index is 1190. The summed E-state index contributed by atoms with van der Waals surface area (Å²) in [6.45, 7) is 1.90. The number of ether oxygens (including phenoxy) is 1. The number of carbonyl (C=O) groups excluding carboxylic acids is 1. The molecule has 0 aliphatic carbocycles. The maximum absolute atomic E-state index is 11.7. The van der Waals surface area contributed by atoms with Gasteiger partial charge in [-0.05, 0) is 40.0 Å². The molecule has 1 aromatic heterocycles. The molecule has 1 N–H and O–H groups in total. The fourth-order valence-corrected chi connectivity index (χ4v) is 2.94. The highest BCUT2D eigenvalue weighted by atomic mass is 16.6. The molecule has 0 aliphatic heterocycles. The Labute approximate surface area is 178 Å². The van der Waals surface area contributed by atoms with E-state index in [1.807, 2.05) is 30.3 Å². The first-order chi connectivity index (χ1) is 15.0. The Morgan fingerprint density at radius 1 is 1.06 bits per heavy atom. The number of hydrogen-bond donors (Lipinski definition) is 1. The van der Waals surface area contributed by atoms with Gasteiger partial charge in [0, 0.05) is 6.92 Å². The standard InChI is InChI=1S/C13H13N3O4.C10H8O/c1-10-14-9-12(16(18)19)15(10)7-8-20-13(17)11-5-3-2-4-6-11;11-10-6-5-8-3-1-2-4-9(8)7-10/h2-6,9H,7-8H2,1H3;1-7,11H. The van der Waals surface area contributed by atoms with Gasteiger partial charge in [0.15, 0.2) is 5.82 Å². The molecule has 4 rings (SSSR count). The quantitative estimate of drug-likeness (QED) is 0.290. The van der Waals surface area contributed by atoms with Gasteiger partial charge in [0.2, 0.25) is 0 Å². The Morgan fingerprint density at radius 3 is 2.45 bits per heavy atom. The Balaban J connectivity index is 0.000000207. The van der Waals surface area contributed by atoms with Gasteiger partial charge in [0.05, 0.1) is 5.56 Å². The van der Waals surface area contributed by atoms with Gasteiger partial charge >= 0.3 is 11.8 Å². The molecule has 8 nitrogen and oxygen atoms in total. The molecule has 3 aromatic carbocycles. The molecule has 1 heterocycles. The van der Waals surface area contributed by atoms with Crippen LogP contribution in [0.1, 0.15) is 16.2 Å². The monoisotopic (exact) mass is 419 g/mol. The molecule has 4 aromatic rings. The van der Waals surface area contributed by atoms with E-state index in [1.54, 1.807) is 49.4 Å². The Morgan fingerprint density at radius 2 is 1.74 bits per heavy atom. The molecule has 0 aliphatic rings. The summed E-state index contributed by atoms with van der Waals surface area (Å²) in [6, 6.07) is 21.9. The fourth-order valence-electron chi connectivity index (χ4n) is 2.94. The van der Waals surface area contributed by atoms with Crippen molar-refractivity contribution >= 4 is 22.6 Å². The number of aryl methyl sites for hydroxylation is 1. The zero-order valence-corrected chi connectivity index (χ0v) is 16.8. The summed E-state index contributed by atoms with van der Waals surface area (Å²) >= 11 is 0. The van der Waals surface area contributed by atoms with E-state index in [2.05, 4.69) is 4.98 Å². The van der Waals surface area contributed by atoms with Crippen molar-refractivity contribution in [3.63, 3.8) is 0 Å². The van der Waals surface area contributed by atoms with Crippen molar-refractivity contribution < 1.29 is 19.6 Å². The van der Waals surface area contributed by atoms with Crippen molar-refractivity contribution in [2.24, 2.45) is 0 Å². The molecule has 0 radical (unpaired) electrons. The van der Waals surface area contributed by atoms with Gasteiger partial charge in [-0.3, -0.25) is 0 Å². The SMILES string of the molecule is Cc1ncc([N+](=O)[O-])n1CCOC(=O)c1ccccc1.Oc1ccc2ccccc2c1. The molecule has 158 valence electrons. The summed E-state index contributed by atoms with van der Waals surface area (Å²) in [4.78, 5) is 25.8. The highest BCUT2D eigenvalue weighted by molar-refractivity contribution is 5.89. The van der Waals surface area contributed by atoms with E-state index < -0.39 is 10.9 Å². The van der Waals surface area contributed by atoms with Crippen molar-refractivity contribution in [2.75, 3.05) is 6.61 Å². The fraction of sp³-hybridized carbons (Fsp3) is 0.130. The number of aromatic hydroxyl groups is 1. The van der Waals surface area contributed by atoms with E-state index in [-0.39, 0.29) is 19.0 Å². The van der Waals surface area contributed by atoms with Crippen LogP contribution in [0.5, 0.6) is 5.75 Å². The van der Waals surface area contributed by atoms with Crippen LogP contribution in [0.3, 0.4) is 0 Å². The third-order valence-corrected chi connectivity index (χ3v) is 4.51. The van der Waals surface area contributed by atoms with Crippen LogP contribution in [-0.2, 0) is 11.3 Å². The second-order valence-electron chi connectivity index (χ2n) is 6.61. The number of phenolic OH excluding ortho intramolecular Hbond substituents is 1. The van der Waals surface area contributed by atoms with Gasteiger partial charge in [0.1, 0.15) is 25.1 Å². The van der Waals surface area contributed by atoms with Crippen molar-refractivity contribution in [1.82, 2.24) is 9.55 Å². The van der Waals surface area contributed by atoms with E-state index in [0.717, 1.165) is 10.8 Å². The minimum Gasteiger partial charge on any atom is -0.508 e. The third-order valence-electron chi connectivity index (χ3n) is 4.51. The van der Waals surface area contributed by atoms with E-state index in [0.29, 0.717) is 17.1 Å². The normalized spacial score (nSPS) is 10.2. The highest BCUT2D eigenvalue weighted by Gasteiger charge is 2.17. The van der Waals surface area contributed by atoms with Gasteiger partial charge in [-0.25, -0.2) is 14.3 Å². The number of phenols is 1. The summed E-state index contributed by atoms with van der Waals surface area (Å²) in [5.41, 5.74) is 0.448. The number of nitrogens with zero attached hydrogens (tertiary/aromatic N) is 3. The van der Waals surface area contributed by atoms with E-state index >= 15 is 0 Å². The topological polar surface area (TPSA) is 107 Å². The molecule has 8 heteroatoms. The maximum Gasteiger partial charge on any atom is 0.342 e. The van der Waals surface area contributed by atoms with E-state index in [9.17, 15) is 14.9 Å². The van der Waals surface area contributed by atoms with Crippen LogP contribution in [-0.4, -0.2) is 32.2 Å². The Kier molecular flexibility index (Phi) is 6.95. The lowest BCUT2D eigenvalue weighted by atomic mass is 10.1. The van der Waals surface area contributed by atoms with Gasteiger partial charge in [-0.2, -0.15) is 0 Å². The number of imidazole rings is 1. The molecule has 0 fully saturated rings. The predicted molar refractivity (Wildman–Crippen MR) is 116 cm³/mol. The van der Waals surface area contributed by atoms with Crippen LogP contribution >= 0.6 is 0 Å². The van der Waals surface area contributed by atoms with Gasteiger partial charge in [-0.1, -0.05) is 48.5 Å². The molecular formula is C23H21N3O5. The number of nitro groups is 1.